The molecule has 0 aliphatic rings. The fraction of sp³-hybridized carbons (Fsp3) is 0.667. The third-order valence-electron chi connectivity index (χ3n) is 4.04. The number of rotatable bonds is 15. The molecular weight excluding hydrogens is 332 g/mol. The highest BCUT2D eigenvalue weighted by Crippen LogP contribution is 2.21. The molecule has 0 aromatic carbocycles. The number of carbonyl (C=O) groups is 3. The summed E-state index contributed by atoms with van der Waals surface area (Å²) in [5.74, 6) is 0.299. The van der Waals surface area contributed by atoms with Crippen LogP contribution in [-0.2, 0) is 23.9 Å². The van der Waals surface area contributed by atoms with Crippen LogP contribution in [0.1, 0.15) is 91.4 Å². The Morgan fingerprint density at radius 2 is 1.31 bits per heavy atom. The molecule has 0 saturated carbocycles. The summed E-state index contributed by atoms with van der Waals surface area (Å²) in [5, 5.41) is 0. The lowest BCUT2D eigenvalue weighted by molar-refractivity contribution is -0.138. The van der Waals surface area contributed by atoms with Crippen LogP contribution in [0.5, 0.6) is 0 Å². The highest BCUT2D eigenvalue weighted by Gasteiger charge is 2.10. The molecule has 0 aromatic heterocycles. The lowest BCUT2D eigenvalue weighted by atomic mass is 10.0. The van der Waals surface area contributed by atoms with E-state index in [1.165, 1.54) is 33.1 Å². The maximum absolute atomic E-state index is 11.3. The van der Waals surface area contributed by atoms with E-state index in [1.807, 2.05) is 6.92 Å². The molecular formula is C21H34O5. The number of unbranched alkanes of at least 4 members (excludes halogenated alkanes) is 7. The lowest BCUT2D eigenvalue weighted by Gasteiger charge is -2.13. The number of allylic oxidation sites excluding steroid dienone is 3. The molecule has 0 aliphatic carbocycles. The van der Waals surface area contributed by atoms with Crippen LogP contribution in [0.3, 0.4) is 0 Å². The van der Waals surface area contributed by atoms with Gasteiger partial charge in [0.15, 0.2) is 0 Å². The molecule has 0 fully saturated rings. The third kappa shape index (κ3) is 14.4. The summed E-state index contributed by atoms with van der Waals surface area (Å²) in [6.45, 7) is 8.40. The number of hydrogen-bond acceptors (Lipinski definition) is 5. The Kier molecular flexibility index (Phi) is 14.2. The molecule has 0 unspecified atom stereocenters. The van der Waals surface area contributed by atoms with Crippen molar-refractivity contribution in [2.75, 3.05) is 0 Å². The minimum absolute atomic E-state index is 0.340. The van der Waals surface area contributed by atoms with Crippen molar-refractivity contribution in [1.29, 1.82) is 0 Å². The zero-order valence-corrected chi connectivity index (χ0v) is 16.6. The van der Waals surface area contributed by atoms with Crippen LogP contribution < -0.4 is 0 Å². The first-order valence-corrected chi connectivity index (χ1v) is 9.53. The minimum atomic E-state index is -0.393. The Bertz CT molecular complexity index is 491. The summed E-state index contributed by atoms with van der Waals surface area (Å²) in [7, 11) is 0. The van der Waals surface area contributed by atoms with Crippen LogP contribution in [-0.4, -0.2) is 18.2 Å². The van der Waals surface area contributed by atoms with E-state index >= 15 is 0 Å². The molecule has 0 radical (unpaired) electrons. The van der Waals surface area contributed by atoms with Crippen LogP contribution in [0.25, 0.3) is 0 Å². The summed E-state index contributed by atoms with van der Waals surface area (Å²) in [6.07, 6.45) is 11.3. The molecule has 0 rings (SSSR count). The monoisotopic (exact) mass is 366 g/mol. The van der Waals surface area contributed by atoms with Crippen LogP contribution >= 0.6 is 0 Å². The van der Waals surface area contributed by atoms with Crippen molar-refractivity contribution in [3.05, 3.63) is 23.7 Å². The Morgan fingerprint density at radius 3 is 1.85 bits per heavy atom. The standard InChI is InChI=1S/C21H34O5/c1-17(13-11-9-7-5-6-8-10-12-16-22)21(26-20(4)24)15-14-18(2)25-19(3)23/h16H,2,5-15H2,1,3-4H3/b21-17-. The Morgan fingerprint density at radius 1 is 0.769 bits per heavy atom. The lowest BCUT2D eigenvalue weighted by Crippen LogP contribution is -2.04. The Labute approximate surface area is 157 Å². The van der Waals surface area contributed by atoms with Crippen molar-refractivity contribution in [2.45, 2.75) is 91.4 Å². The summed E-state index contributed by atoms with van der Waals surface area (Å²) in [5.41, 5.74) is 1.06. The molecule has 0 aromatic rings. The van der Waals surface area contributed by atoms with Crippen LogP contribution in [0, 0.1) is 0 Å². The van der Waals surface area contributed by atoms with Crippen molar-refractivity contribution in [3.8, 4) is 0 Å². The van der Waals surface area contributed by atoms with E-state index in [0.717, 1.165) is 44.0 Å². The second kappa shape index (κ2) is 15.4. The highest BCUT2D eigenvalue weighted by molar-refractivity contribution is 5.67. The van der Waals surface area contributed by atoms with E-state index in [0.29, 0.717) is 30.8 Å². The topological polar surface area (TPSA) is 69.7 Å². The number of ether oxygens (including phenoxy) is 2. The third-order valence-corrected chi connectivity index (χ3v) is 4.04. The normalized spacial score (nSPS) is 11.5. The van der Waals surface area contributed by atoms with Gasteiger partial charge < -0.3 is 14.3 Å². The van der Waals surface area contributed by atoms with E-state index in [2.05, 4.69) is 6.58 Å². The van der Waals surface area contributed by atoms with Gasteiger partial charge in [0.05, 0.1) is 0 Å². The second-order valence-corrected chi connectivity index (χ2v) is 6.61. The van der Waals surface area contributed by atoms with Gasteiger partial charge in [0.2, 0.25) is 0 Å². The Balaban J connectivity index is 4.20. The first-order chi connectivity index (χ1) is 12.4. The van der Waals surface area contributed by atoms with E-state index in [4.69, 9.17) is 9.47 Å². The zero-order chi connectivity index (χ0) is 19.8. The van der Waals surface area contributed by atoms with Crippen molar-refractivity contribution < 1.29 is 23.9 Å². The molecule has 0 aliphatic heterocycles. The van der Waals surface area contributed by atoms with Crippen LogP contribution in [0.15, 0.2) is 23.7 Å². The van der Waals surface area contributed by atoms with Crippen LogP contribution in [0.2, 0.25) is 0 Å². The van der Waals surface area contributed by atoms with Gasteiger partial charge in [0.1, 0.15) is 17.8 Å². The van der Waals surface area contributed by atoms with Gasteiger partial charge in [-0.05, 0) is 31.8 Å². The SMILES string of the molecule is C=C(CC/C(OC(C)=O)=C(\C)CCCCCCCCCC=O)OC(C)=O. The predicted octanol–water partition coefficient (Wildman–Crippen LogP) is 5.39. The summed E-state index contributed by atoms with van der Waals surface area (Å²) >= 11 is 0. The van der Waals surface area contributed by atoms with Gasteiger partial charge in [-0.1, -0.05) is 38.7 Å². The van der Waals surface area contributed by atoms with Gasteiger partial charge in [-0.2, -0.15) is 0 Å². The molecule has 5 nitrogen and oxygen atoms in total. The quantitative estimate of drug-likeness (QED) is 0.168. The molecule has 5 heteroatoms. The summed E-state index contributed by atoms with van der Waals surface area (Å²) in [4.78, 5) is 32.5. The molecule has 148 valence electrons. The van der Waals surface area contributed by atoms with E-state index in [1.54, 1.807) is 0 Å². The molecule has 0 amide bonds. The molecule has 0 atom stereocenters. The van der Waals surface area contributed by atoms with Gasteiger partial charge in [-0.3, -0.25) is 9.59 Å². The van der Waals surface area contributed by atoms with E-state index < -0.39 is 5.97 Å². The maximum atomic E-state index is 11.3. The average molecular weight is 366 g/mol. The largest absolute Gasteiger partial charge is 0.432 e. The number of esters is 2. The second-order valence-electron chi connectivity index (χ2n) is 6.61. The van der Waals surface area contributed by atoms with Crippen molar-refractivity contribution >= 4 is 18.2 Å². The van der Waals surface area contributed by atoms with Gasteiger partial charge in [0, 0.05) is 33.1 Å². The number of hydrogen-bond donors (Lipinski definition) is 0. The molecule has 0 spiro atoms. The summed E-state index contributed by atoms with van der Waals surface area (Å²) in [6, 6.07) is 0. The fourth-order valence-corrected chi connectivity index (χ4v) is 2.67. The van der Waals surface area contributed by atoms with Gasteiger partial charge in [-0.15, -0.1) is 0 Å². The van der Waals surface area contributed by atoms with Crippen molar-refractivity contribution in [3.63, 3.8) is 0 Å². The maximum Gasteiger partial charge on any atom is 0.307 e. The molecule has 0 N–H and O–H groups in total. The number of aldehydes is 1. The smallest absolute Gasteiger partial charge is 0.307 e. The molecule has 0 bridgehead atoms. The summed E-state index contributed by atoms with van der Waals surface area (Å²) < 4.78 is 10.3. The minimum Gasteiger partial charge on any atom is -0.432 e. The van der Waals surface area contributed by atoms with Gasteiger partial charge >= 0.3 is 11.9 Å². The van der Waals surface area contributed by atoms with Crippen molar-refractivity contribution in [1.82, 2.24) is 0 Å². The molecule has 0 heterocycles. The first-order valence-electron chi connectivity index (χ1n) is 9.53. The number of carbonyl (C=O) groups excluding carboxylic acids is 3. The molecule has 26 heavy (non-hydrogen) atoms. The fourth-order valence-electron chi connectivity index (χ4n) is 2.67. The zero-order valence-electron chi connectivity index (χ0n) is 16.6. The van der Waals surface area contributed by atoms with E-state index in [-0.39, 0.29) is 5.97 Å². The highest BCUT2D eigenvalue weighted by atomic mass is 16.5. The van der Waals surface area contributed by atoms with Crippen LogP contribution in [0.4, 0.5) is 0 Å². The Hall–Kier alpha value is -1.91. The predicted molar refractivity (Wildman–Crippen MR) is 102 cm³/mol. The first kappa shape index (κ1) is 24.1. The van der Waals surface area contributed by atoms with E-state index in [9.17, 15) is 14.4 Å². The average Bonchev–Trinajstić information content (AvgIpc) is 2.56. The van der Waals surface area contributed by atoms with Crippen molar-refractivity contribution in [2.24, 2.45) is 0 Å². The van der Waals surface area contributed by atoms with Gasteiger partial charge in [-0.25, -0.2) is 0 Å². The van der Waals surface area contributed by atoms with Gasteiger partial charge in [0.25, 0.3) is 0 Å². The molecule has 0 saturated heterocycles.